The lowest BCUT2D eigenvalue weighted by molar-refractivity contribution is -0.125. The molecular formula is C19H17ClN4O2S. The van der Waals surface area contributed by atoms with Gasteiger partial charge in [-0.25, -0.2) is 0 Å². The molecule has 1 aromatic heterocycles. The van der Waals surface area contributed by atoms with Crippen LogP contribution >= 0.6 is 22.9 Å². The van der Waals surface area contributed by atoms with E-state index in [1.165, 1.54) is 18.3 Å². The van der Waals surface area contributed by atoms with Crippen LogP contribution in [0.1, 0.15) is 12.5 Å². The minimum Gasteiger partial charge on any atom is -0.344 e. The Morgan fingerprint density at radius 2 is 1.89 bits per heavy atom. The van der Waals surface area contributed by atoms with E-state index in [1.807, 2.05) is 42.5 Å². The molecule has 8 heteroatoms. The second-order valence-electron chi connectivity index (χ2n) is 5.85. The summed E-state index contributed by atoms with van der Waals surface area (Å²) in [4.78, 5) is 24.1. The van der Waals surface area contributed by atoms with Crippen molar-refractivity contribution in [2.45, 2.75) is 19.4 Å². The molecule has 2 N–H and O–H groups in total. The predicted octanol–water partition coefficient (Wildman–Crippen LogP) is 3.54. The lowest BCUT2D eigenvalue weighted by Crippen LogP contribution is -2.44. The summed E-state index contributed by atoms with van der Waals surface area (Å²) in [6.07, 6.45) is 0.381. The van der Waals surface area contributed by atoms with Crippen LogP contribution in [0.3, 0.4) is 0 Å². The molecule has 27 heavy (non-hydrogen) atoms. The van der Waals surface area contributed by atoms with Crippen LogP contribution in [0.5, 0.6) is 0 Å². The smallest absolute Gasteiger partial charge is 0.249 e. The molecule has 3 rings (SSSR count). The molecule has 2 amide bonds. The fourth-order valence-electron chi connectivity index (χ4n) is 2.51. The number of carbonyl (C=O) groups excluding carboxylic acids is 2. The maximum absolute atomic E-state index is 12.6. The Labute approximate surface area is 165 Å². The molecule has 1 atom stereocenters. The molecule has 6 nitrogen and oxygen atoms in total. The Morgan fingerprint density at radius 1 is 1.11 bits per heavy atom. The Balaban J connectivity index is 1.72. The third-order valence-electron chi connectivity index (χ3n) is 3.70. The van der Waals surface area contributed by atoms with E-state index in [4.69, 9.17) is 11.6 Å². The monoisotopic (exact) mass is 400 g/mol. The van der Waals surface area contributed by atoms with Gasteiger partial charge in [0.1, 0.15) is 11.0 Å². The van der Waals surface area contributed by atoms with Crippen LogP contribution in [0, 0.1) is 0 Å². The molecule has 0 aliphatic heterocycles. The quantitative estimate of drug-likeness (QED) is 0.662. The number of rotatable bonds is 6. The van der Waals surface area contributed by atoms with Crippen LogP contribution in [0.4, 0.5) is 5.13 Å². The number of anilines is 1. The minimum atomic E-state index is -0.705. The first-order chi connectivity index (χ1) is 13.0. The zero-order chi connectivity index (χ0) is 19.2. The van der Waals surface area contributed by atoms with Gasteiger partial charge in [0.25, 0.3) is 0 Å². The number of nitrogens with one attached hydrogen (secondary N) is 2. The number of carbonyl (C=O) groups is 2. The summed E-state index contributed by atoms with van der Waals surface area (Å²) in [6.45, 7) is 1.38. The molecule has 0 fully saturated rings. The zero-order valence-electron chi connectivity index (χ0n) is 14.5. The topological polar surface area (TPSA) is 84.0 Å². The lowest BCUT2D eigenvalue weighted by Gasteiger charge is -2.16. The molecule has 0 saturated carbocycles. The largest absolute Gasteiger partial charge is 0.344 e. The zero-order valence-corrected chi connectivity index (χ0v) is 16.1. The molecule has 0 radical (unpaired) electrons. The molecule has 3 aromatic rings. The summed E-state index contributed by atoms with van der Waals surface area (Å²) in [5.74, 6) is -0.620. The van der Waals surface area contributed by atoms with E-state index in [9.17, 15) is 9.59 Å². The van der Waals surface area contributed by atoms with Crippen molar-refractivity contribution in [2.75, 3.05) is 5.32 Å². The molecule has 2 aromatic carbocycles. The van der Waals surface area contributed by atoms with Gasteiger partial charge in [-0.15, -0.1) is 10.2 Å². The number of amides is 2. The average molecular weight is 401 g/mol. The van der Waals surface area contributed by atoms with Crippen LogP contribution in [0.2, 0.25) is 5.02 Å². The van der Waals surface area contributed by atoms with Crippen LogP contribution in [0.15, 0.2) is 54.6 Å². The predicted molar refractivity (Wildman–Crippen MR) is 107 cm³/mol. The molecule has 1 heterocycles. The van der Waals surface area contributed by atoms with Gasteiger partial charge in [0.2, 0.25) is 16.9 Å². The molecule has 0 aliphatic rings. The number of nitrogens with zero attached hydrogens (tertiary/aromatic N) is 2. The lowest BCUT2D eigenvalue weighted by atomic mass is 10.1. The number of hydrogen-bond acceptors (Lipinski definition) is 5. The van der Waals surface area contributed by atoms with Crippen LogP contribution in [-0.4, -0.2) is 28.1 Å². The van der Waals surface area contributed by atoms with Gasteiger partial charge in [0, 0.05) is 23.9 Å². The first-order valence-electron chi connectivity index (χ1n) is 8.22. The standard InChI is InChI=1S/C19H17ClN4O2S/c1-12(25)21-16(10-13-6-3-2-4-7-13)17(26)22-19-24-23-18(27-19)14-8-5-9-15(20)11-14/h2-9,11,16H,10H2,1H3,(H,21,25)(H,22,24,26)/t16-/m0/s1. The fraction of sp³-hybridized carbons (Fsp3) is 0.158. The minimum absolute atomic E-state index is 0.275. The van der Waals surface area contributed by atoms with Crippen molar-refractivity contribution < 1.29 is 9.59 Å². The highest BCUT2D eigenvalue weighted by Crippen LogP contribution is 2.28. The summed E-state index contributed by atoms with van der Waals surface area (Å²) in [6, 6.07) is 16.0. The molecule has 0 saturated heterocycles. The highest BCUT2D eigenvalue weighted by atomic mass is 35.5. The molecule has 138 valence electrons. The highest BCUT2D eigenvalue weighted by molar-refractivity contribution is 7.18. The van der Waals surface area contributed by atoms with Crippen LogP contribution < -0.4 is 10.6 Å². The molecule has 0 bridgehead atoms. The van der Waals surface area contributed by atoms with Crippen molar-refractivity contribution in [3.8, 4) is 10.6 Å². The van der Waals surface area contributed by atoms with Gasteiger partial charge in [-0.3, -0.25) is 14.9 Å². The van der Waals surface area contributed by atoms with Gasteiger partial charge in [-0.2, -0.15) is 0 Å². The van der Waals surface area contributed by atoms with E-state index in [2.05, 4.69) is 20.8 Å². The van der Waals surface area contributed by atoms with Gasteiger partial charge < -0.3 is 5.32 Å². The first kappa shape index (κ1) is 19.0. The van der Waals surface area contributed by atoms with E-state index in [0.717, 1.165) is 11.1 Å². The van der Waals surface area contributed by atoms with Gasteiger partial charge in [-0.05, 0) is 17.7 Å². The normalized spacial score (nSPS) is 11.6. The van der Waals surface area contributed by atoms with Crippen molar-refractivity contribution in [1.29, 1.82) is 0 Å². The summed E-state index contributed by atoms with van der Waals surface area (Å²) >= 11 is 7.24. The molecular weight excluding hydrogens is 384 g/mol. The van der Waals surface area contributed by atoms with Gasteiger partial charge in [0.05, 0.1) is 0 Å². The second kappa shape index (κ2) is 8.75. The fourth-order valence-corrected chi connectivity index (χ4v) is 3.44. The maximum atomic E-state index is 12.6. The van der Waals surface area contributed by atoms with Crippen LogP contribution in [-0.2, 0) is 16.0 Å². The third-order valence-corrected chi connectivity index (χ3v) is 4.83. The maximum Gasteiger partial charge on any atom is 0.249 e. The average Bonchev–Trinajstić information content (AvgIpc) is 3.10. The van der Waals surface area contributed by atoms with Crippen molar-refractivity contribution in [3.63, 3.8) is 0 Å². The first-order valence-corrected chi connectivity index (χ1v) is 9.42. The second-order valence-corrected chi connectivity index (χ2v) is 7.27. The van der Waals surface area contributed by atoms with Gasteiger partial charge >= 0.3 is 0 Å². The van der Waals surface area contributed by atoms with E-state index in [1.54, 1.807) is 12.1 Å². The van der Waals surface area contributed by atoms with E-state index in [0.29, 0.717) is 21.6 Å². The van der Waals surface area contributed by atoms with Crippen molar-refractivity contribution in [2.24, 2.45) is 0 Å². The summed E-state index contributed by atoms with van der Waals surface area (Å²) < 4.78 is 0. The van der Waals surface area contributed by atoms with E-state index in [-0.39, 0.29) is 11.8 Å². The SMILES string of the molecule is CC(=O)N[C@@H](Cc1ccccc1)C(=O)Nc1nnc(-c2cccc(Cl)c2)s1. The summed E-state index contributed by atoms with van der Waals surface area (Å²) in [7, 11) is 0. The number of halogens is 1. The Hall–Kier alpha value is -2.77. The number of aromatic nitrogens is 2. The summed E-state index contributed by atoms with van der Waals surface area (Å²) in [5, 5.41) is 15.1. The molecule has 0 aliphatic carbocycles. The highest BCUT2D eigenvalue weighted by Gasteiger charge is 2.21. The third kappa shape index (κ3) is 5.35. The molecule has 0 spiro atoms. The number of hydrogen-bond donors (Lipinski definition) is 2. The Kier molecular flexibility index (Phi) is 6.16. The molecule has 0 unspecified atom stereocenters. The van der Waals surface area contributed by atoms with Crippen molar-refractivity contribution in [3.05, 3.63) is 65.2 Å². The van der Waals surface area contributed by atoms with E-state index < -0.39 is 6.04 Å². The Bertz CT molecular complexity index is 946. The van der Waals surface area contributed by atoms with Gasteiger partial charge in [0.15, 0.2) is 0 Å². The number of benzene rings is 2. The van der Waals surface area contributed by atoms with Gasteiger partial charge in [-0.1, -0.05) is 65.4 Å². The van der Waals surface area contributed by atoms with E-state index >= 15 is 0 Å². The summed E-state index contributed by atoms with van der Waals surface area (Å²) in [5.41, 5.74) is 1.77. The van der Waals surface area contributed by atoms with Crippen LogP contribution in [0.25, 0.3) is 10.6 Å². The van der Waals surface area contributed by atoms with Crippen molar-refractivity contribution >= 4 is 39.9 Å². The Morgan fingerprint density at radius 3 is 2.59 bits per heavy atom. The van der Waals surface area contributed by atoms with Crippen molar-refractivity contribution in [1.82, 2.24) is 15.5 Å².